The van der Waals surface area contributed by atoms with Crippen LogP contribution < -0.4 is 15.5 Å². The third-order valence-corrected chi connectivity index (χ3v) is 5.62. The summed E-state index contributed by atoms with van der Waals surface area (Å²) in [5, 5.41) is 9.81. The highest BCUT2D eigenvalue weighted by Crippen LogP contribution is 2.20. The number of urea groups is 1. The molecule has 2 aromatic heterocycles. The molecule has 0 aliphatic carbocycles. The number of carbonyl (C=O) groups excluding carboxylic acids is 2. The Kier molecular flexibility index (Phi) is 6.15. The van der Waals surface area contributed by atoms with Crippen LogP contribution in [-0.2, 0) is 4.74 Å². The number of pyridine rings is 1. The summed E-state index contributed by atoms with van der Waals surface area (Å²) in [5.74, 6) is 0.550. The molecular weight excluding hydrogens is 394 g/mol. The van der Waals surface area contributed by atoms with Crippen LogP contribution in [0.1, 0.15) is 23.3 Å². The van der Waals surface area contributed by atoms with E-state index in [1.165, 1.54) is 0 Å². The van der Waals surface area contributed by atoms with Gasteiger partial charge in [0.1, 0.15) is 5.82 Å². The Balaban J connectivity index is 1.29. The summed E-state index contributed by atoms with van der Waals surface area (Å²) in [6, 6.07) is 5.53. The van der Waals surface area contributed by atoms with Crippen molar-refractivity contribution in [2.75, 3.05) is 49.5 Å². The van der Waals surface area contributed by atoms with Crippen molar-refractivity contribution in [1.82, 2.24) is 24.8 Å². The quantitative estimate of drug-likeness (QED) is 0.751. The van der Waals surface area contributed by atoms with E-state index in [4.69, 9.17) is 4.74 Å². The largest absolute Gasteiger partial charge is 0.376 e. The average molecular weight is 417 g/mol. The Morgan fingerprint density at radius 3 is 2.83 bits per heavy atom. The highest BCUT2D eigenvalue weighted by Gasteiger charge is 2.25. The lowest BCUT2D eigenvalue weighted by atomic mass is 10.2. The van der Waals surface area contributed by atoms with Crippen molar-refractivity contribution < 1.29 is 14.3 Å². The Bertz CT molecular complexity index is 833. The Labute approximate surface area is 172 Å². The monoisotopic (exact) mass is 417 g/mol. The number of hydrogen-bond acceptors (Lipinski definition) is 8. The van der Waals surface area contributed by atoms with Gasteiger partial charge in [-0.05, 0) is 25.0 Å². The number of amides is 3. The maximum absolute atomic E-state index is 12.6. The lowest BCUT2D eigenvalue weighted by Gasteiger charge is -2.35. The molecule has 0 aromatic carbocycles. The van der Waals surface area contributed by atoms with Gasteiger partial charge in [-0.15, -0.1) is 5.10 Å². The zero-order valence-electron chi connectivity index (χ0n) is 15.9. The van der Waals surface area contributed by atoms with Crippen LogP contribution in [-0.4, -0.2) is 76.8 Å². The minimum Gasteiger partial charge on any atom is -0.376 e. The first kappa shape index (κ1) is 19.5. The van der Waals surface area contributed by atoms with E-state index in [0.29, 0.717) is 37.7 Å². The molecule has 0 radical (unpaired) electrons. The molecule has 4 heterocycles. The zero-order chi connectivity index (χ0) is 20.1. The molecule has 2 fully saturated rings. The standard InChI is InChI=1S/C18H23N7O3S/c26-16(20-12-13-4-3-11-28-13)15-17(29-23-22-15)21-18(27)25-9-7-24(8-10-25)14-5-1-2-6-19-14/h1-2,5-6,13H,3-4,7-12H2,(H,20,26)(H,21,27)/t13-/m0/s1. The molecule has 4 rings (SSSR count). The minimum atomic E-state index is -0.357. The zero-order valence-corrected chi connectivity index (χ0v) is 16.7. The van der Waals surface area contributed by atoms with Crippen molar-refractivity contribution in [3.8, 4) is 0 Å². The summed E-state index contributed by atoms with van der Waals surface area (Å²) in [6.07, 6.45) is 3.74. The van der Waals surface area contributed by atoms with Crippen molar-refractivity contribution in [3.05, 3.63) is 30.1 Å². The van der Waals surface area contributed by atoms with Crippen LogP contribution >= 0.6 is 11.5 Å². The molecule has 154 valence electrons. The van der Waals surface area contributed by atoms with E-state index in [-0.39, 0.29) is 23.7 Å². The predicted molar refractivity (Wildman–Crippen MR) is 108 cm³/mol. The van der Waals surface area contributed by atoms with Gasteiger partial charge in [0, 0.05) is 57.1 Å². The molecule has 29 heavy (non-hydrogen) atoms. The number of ether oxygens (including phenoxy) is 1. The van der Waals surface area contributed by atoms with Gasteiger partial charge < -0.3 is 19.9 Å². The van der Waals surface area contributed by atoms with Gasteiger partial charge in [-0.25, -0.2) is 9.78 Å². The van der Waals surface area contributed by atoms with E-state index in [0.717, 1.165) is 36.8 Å². The normalized spacial score (nSPS) is 19.2. The van der Waals surface area contributed by atoms with E-state index < -0.39 is 0 Å². The summed E-state index contributed by atoms with van der Waals surface area (Å²) >= 11 is 0.994. The van der Waals surface area contributed by atoms with Crippen LogP contribution in [0.25, 0.3) is 0 Å². The first-order chi connectivity index (χ1) is 14.2. The third-order valence-electron chi connectivity index (χ3n) is 4.98. The summed E-state index contributed by atoms with van der Waals surface area (Å²) in [6.45, 7) is 3.68. The fourth-order valence-electron chi connectivity index (χ4n) is 3.37. The van der Waals surface area contributed by atoms with Crippen LogP contribution in [0.3, 0.4) is 0 Å². The molecule has 0 bridgehead atoms. The van der Waals surface area contributed by atoms with Gasteiger partial charge in [-0.2, -0.15) is 0 Å². The van der Waals surface area contributed by atoms with E-state index in [9.17, 15) is 9.59 Å². The van der Waals surface area contributed by atoms with Gasteiger partial charge in [-0.1, -0.05) is 10.6 Å². The number of nitrogens with one attached hydrogen (secondary N) is 2. The molecule has 2 aromatic rings. The van der Waals surface area contributed by atoms with Gasteiger partial charge >= 0.3 is 6.03 Å². The Morgan fingerprint density at radius 2 is 2.10 bits per heavy atom. The Morgan fingerprint density at radius 1 is 1.24 bits per heavy atom. The molecule has 10 nitrogen and oxygen atoms in total. The van der Waals surface area contributed by atoms with Crippen LogP contribution in [0.15, 0.2) is 24.4 Å². The van der Waals surface area contributed by atoms with Crippen molar-refractivity contribution >= 4 is 34.3 Å². The molecule has 2 N–H and O–H groups in total. The second-order valence-electron chi connectivity index (χ2n) is 6.89. The lowest BCUT2D eigenvalue weighted by molar-refractivity contribution is 0.0854. The van der Waals surface area contributed by atoms with Crippen molar-refractivity contribution in [2.45, 2.75) is 18.9 Å². The van der Waals surface area contributed by atoms with E-state index >= 15 is 0 Å². The maximum atomic E-state index is 12.6. The SMILES string of the molecule is O=C(NC[C@@H]1CCCO1)c1nnsc1NC(=O)N1CCN(c2ccccn2)CC1. The molecule has 11 heteroatoms. The number of anilines is 2. The van der Waals surface area contributed by atoms with E-state index in [2.05, 4.69) is 30.1 Å². The maximum Gasteiger partial charge on any atom is 0.322 e. The third kappa shape index (κ3) is 4.80. The molecule has 2 saturated heterocycles. The number of hydrogen-bond donors (Lipinski definition) is 2. The molecule has 2 aliphatic rings. The van der Waals surface area contributed by atoms with Gasteiger partial charge in [0.25, 0.3) is 5.91 Å². The van der Waals surface area contributed by atoms with Gasteiger partial charge in [-0.3, -0.25) is 10.1 Å². The molecular formula is C18H23N7O3S. The van der Waals surface area contributed by atoms with E-state index in [1.54, 1.807) is 11.1 Å². The van der Waals surface area contributed by atoms with Crippen molar-refractivity contribution in [1.29, 1.82) is 0 Å². The molecule has 0 spiro atoms. The summed E-state index contributed by atoms with van der Waals surface area (Å²) in [5.41, 5.74) is 0.133. The van der Waals surface area contributed by atoms with Gasteiger partial charge in [0.15, 0.2) is 10.7 Å². The topological polar surface area (TPSA) is 113 Å². The second-order valence-corrected chi connectivity index (χ2v) is 7.64. The number of nitrogens with zero attached hydrogens (tertiary/aromatic N) is 5. The minimum absolute atomic E-state index is 0.0407. The number of carbonyl (C=O) groups is 2. The fourth-order valence-corrected chi connectivity index (χ4v) is 3.93. The molecule has 2 aliphatic heterocycles. The van der Waals surface area contributed by atoms with Gasteiger partial charge in [0.05, 0.1) is 6.10 Å². The molecule has 3 amide bonds. The van der Waals surface area contributed by atoms with Crippen LogP contribution in [0.5, 0.6) is 0 Å². The number of aromatic nitrogens is 3. The highest BCUT2D eigenvalue weighted by atomic mass is 32.1. The summed E-state index contributed by atoms with van der Waals surface area (Å²) in [7, 11) is 0. The second kappa shape index (κ2) is 9.14. The van der Waals surface area contributed by atoms with Crippen LogP contribution in [0, 0.1) is 0 Å². The smallest absolute Gasteiger partial charge is 0.322 e. The number of rotatable bonds is 5. The Hall–Kier alpha value is -2.79. The predicted octanol–water partition coefficient (Wildman–Crippen LogP) is 1.20. The first-order valence-corrected chi connectivity index (χ1v) is 10.4. The average Bonchev–Trinajstić information content (AvgIpc) is 3.45. The molecule has 1 atom stereocenters. The van der Waals surface area contributed by atoms with Gasteiger partial charge in [0.2, 0.25) is 0 Å². The van der Waals surface area contributed by atoms with Crippen molar-refractivity contribution in [3.63, 3.8) is 0 Å². The lowest BCUT2D eigenvalue weighted by Crippen LogP contribution is -2.50. The number of piperazine rings is 1. The summed E-state index contributed by atoms with van der Waals surface area (Å²) in [4.78, 5) is 33.2. The van der Waals surface area contributed by atoms with Crippen molar-refractivity contribution in [2.24, 2.45) is 0 Å². The van der Waals surface area contributed by atoms with E-state index in [1.807, 2.05) is 18.2 Å². The first-order valence-electron chi connectivity index (χ1n) is 9.65. The summed E-state index contributed by atoms with van der Waals surface area (Å²) < 4.78 is 9.33. The molecule has 0 unspecified atom stereocenters. The molecule has 0 saturated carbocycles. The van der Waals surface area contributed by atoms with Crippen LogP contribution in [0.2, 0.25) is 0 Å². The highest BCUT2D eigenvalue weighted by molar-refractivity contribution is 7.10. The fraction of sp³-hybridized carbons (Fsp3) is 0.500. The van der Waals surface area contributed by atoms with Crippen LogP contribution in [0.4, 0.5) is 15.6 Å².